The smallest absolute Gasteiger partial charge is 0.327 e. The molecule has 0 radical (unpaired) electrons. The first kappa shape index (κ1) is 12.6. The average molecular weight is 237 g/mol. The highest BCUT2D eigenvalue weighted by atomic mass is 16.5. The zero-order chi connectivity index (χ0) is 12.7. The fourth-order valence-electron chi connectivity index (χ4n) is 1.03. The summed E-state index contributed by atoms with van der Waals surface area (Å²) in [4.78, 5) is 22.1. The summed E-state index contributed by atoms with van der Waals surface area (Å²) in [6, 6.07) is 1.70. The first-order chi connectivity index (χ1) is 8.15. The van der Waals surface area contributed by atoms with Gasteiger partial charge in [-0.15, -0.1) is 5.10 Å². The lowest BCUT2D eigenvalue weighted by Crippen LogP contribution is -2.14. The second kappa shape index (κ2) is 6.22. The van der Waals surface area contributed by atoms with Crippen LogP contribution in [0.5, 0.6) is 0 Å². The van der Waals surface area contributed by atoms with Crippen LogP contribution in [0.3, 0.4) is 0 Å². The van der Waals surface area contributed by atoms with E-state index in [9.17, 15) is 9.59 Å². The summed E-state index contributed by atoms with van der Waals surface area (Å²) in [7, 11) is 0. The number of hydrogen-bond acceptors (Lipinski definition) is 6. The molecule has 90 valence electrons. The van der Waals surface area contributed by atoms with Crippen molar-refractivity contribution < 1.29 is 14.3 Å². The second-order valence-corrected chi connectivity index (χ2v) is 2.99. The number of nitriles is 1. The third kappa shape index (κ3) is 4.29. The van der Waals surface area contributed by atoms with Crippen LogP contribution in [0.15, 0.2) is 6.20 Å². The zero-order valence-electron chi connectivity index (χ0n) is 9.21. The lowest BCUT2D eigenvalue weighted by molar-refractivity contribution is -0.144. The molecule has 8 nitrogen and oxygen atoms in total. The lowest BCUT2D eigenvalue weighted by Gasteiger charge is -1.99. The molecule has 0 bridgehead atoms. The Morgan fingerprint density at radius 3 is 3.06 bits per heavy atom. The minimum atomic E-state index is -0.476. The molecule has 1 aromatic rings. The summed E-state index contributed by atoms with van der Waals surface area (Å²) in [6.07, 6.45) is 1.12. The molecule has 1 heterocycles. The Hall–Kier alpha value is -2.43. The summed E-state index contributed by atoms with van der Waals surface area (Å²) in [5.41, 5.74) is 0. The lowest BCUT2D eigenvalue weighted by atomic mass is 10.4. The number of ether oxygens (including phenoxy) is 1. The van der Waals surface area contributed by atoms with Crippen molar-refractivity contribution in [2.24, 2.45) is 0 Å². The summed E-state index contributed by atoms with van der Waals surface area (Å²) < 4.78 is 5.95. The molecule has 1 rings (SSSR count). The Bertz CT molecular complexity index is 448. The fraction of sp³-hybridized carbons (Fsp3) is 0.444. The molecule has 0 saturated carbocycles. The number of esters is 1. The predicted molar refractivity (Wildman–Crippen MR) is 55.5 cm³/mol. The van der Waals surface area contributed by atoms with E-state index in [1.807, 2.05) is 0 Å². The van der Waals surface area contributed by atoms with E-state index in [1.54, 1.807) is 13.0 Å². The van der Waals surface area contributed by atoms with E-state index in [4.69, 9.17) is 10.00 Å². The van der Waals surface area contributed by atoms with Crippen molar-refractivity contribution in [1.29, 1.82) is 5.26 Å². The number of nitrogens with zero attached hydrogens (tertiary/aromatic N) is 4. The van der Waals surface area contributed by atoms with Crippen molar-refractivity contribution in [3.05, 3.63) is 6.20 Å². The molecular weight excluding hydrogens is 226 g/mol. The van der Waals surface area contributed by atoms with Gasteiger partial charge in [-0.1, -0.05) is 5.21 Å². The zero-order valence-corrected chi connectivity index (χ0v) is 9.21. The Morgan fingerprint density at radius 2 is 2.41 bits per heavy atom. The van der Waals surface area contributed by atoms with E-state index in [0.29, 0.717) is 6.61 Å². The average Bonchev–Trinajstić information content (AvgIpc) is 2.66. The van der Waals surface area contributed by atoms with E-state index in [0.717, 1.165) is 0 Å². The van der Waals surface area contributed by atoms with Gasteiger partial charge in [-0.25, -0.2) is 4.68 Å². The van der Waals surface area contributed by atoms with Crippen LogP contribution in [0.1, 0.15) is 13.3 Å². The number of rotatable bonds is 5. The highest BCUT2D eigenvalue weighted by molar-refractivity contribution is 5.90. The Morgan fingerprint density at radius 1 is 1.65 bits per heavy atom. The second-order valence-electron chi connectivity index (χ2n) is 2.99. The summed E-state index contributed by atoms with van der Waals surface area (Å²) in [5, 5.41) is 17.9. The molecule has 0 atom stereocenters. The third-order valence-corrected chi connectivity index (χ3v) is 1.64. The standard InChI is InChI=1S/C9H11N5O3/c1-2-17-9(16)6-14-5-7(12-13-14)11-8(15)3-4-10/h5H,2-3,6H2,1H3,(H,11,15). The van der Waals surface area contributed by atoms with Gasteiger partial charge < -0.3 is 10.1 Å². The van der Waals surface area contributed by atoms with E-state index in [2.05, 4.69) is 15.6 Å². The number of hydrogen-bond donors (Lipinski definition) is 1. The first-order valence-corrected chi connectivity index (χ1v) is 4.88. The molecule has 0 aromatic carbocycles. The number of nitrogens with one attached hydrogen (secondary N) is 1. The van der Waals surface area contributed by atoms with Crippen molar-refractivity contribution in [1.82, 2.24) is 15.0 Å². The van der Waals surface area contributed by atoms with Crippen LogP contribution in [0.25, 0.3) is 0 Å². The van der Waals surface area contributed by atoms with Gasteiger partial charge in [0.15, 0.2) is 5.82 Å². The van der Waals surface area contributed by atoms with Crippen molar-refractivity contribution in [3.8, 4) is 6.07 Å². The molecule has 0 spiro atoms. The Balaban J connectivity index is 2.51. The topological polar surface area (TPSA) is 110 Å². The molecule has 0 saturated heterocycles. The molecule has 0 aliphatic heterocycles. The first-order valence-electron chi connectivity index (χ1n) is 4.88. The van der Waals surface area contributed by atoms with Gasteiger partial charge in [0.25, 0.3) is 0 Å². The van der Waals surface area contributed by atoms with Gasteiger partial charge in [-0.3, -0.25) is 9.59 Å². The molecule has 1 aromatic heterocycles. The molecule has 0 fully saturated rings. The third-order valence-electron chi connectivity index (χ3n) is 1.64. The van der Waals surface area contributed by atoms with Crippen LogP contribution < -0.4 is 5.32 Å². The van der Waals surface area contributed by atoms with Gasteiger partial charge in [0.2, 0.25) is 5.91 Å². The minimum absolute atomic E-state index is 0.0744. The number of carbonyl (C=O) groups is 2. The quantitative estimate of drug-likeness (QED) is 0.703. The van der Waals surface area contributed by atoms with Gasteiger partial charge >= 0.3 is 5.97 Å². The van der Waals surface area contributed by atoms with Gasteiger partial charge in [0.1, 0.15) is 13.0 Å². The van der Waals surface area contributed by atoms with Crippen LogP contribution in [-0.4, -0.2) is 33.5 Å². The van der Waals surface area contributed by atoms with Crippen molar-refractivity contribution >= 4 is 17.7 Å². The van der Waals surface area contributed by atoms with Crippen molar-refractivity contribution in [3.63, 3.8) is 0 Å². The number of aromatic nitrogens is 3. The van der Waals surface area contributed by atoms with Crippen LogP contribution >= 0.6 is 0 Å². The predicted octanol–water partition coefficient (Wildman–Crippen LogP) is -0.307. The molecule has 1 amide bonds. The van der Waals surface area contributed by atoms with Gasteiger partial charge in [0.05, 0.1) is 18.9 Å². The largest absolute Gasteiger partial charge is 0.465 e. The van der Waals surface area contributed by atoms with Crippen LogP contribution in [0, 0.1) is 11.3 Å². The van der Waals surface area contributed by atoms with E-state index in [1.165, 1.54) is 10.9 Å². The van der Waals surface area contributed by atoms with Crippen molar-refractivity contribution in [2.45, 2.75) is 19.9 Å². The highest BCUT2D eigenvalue weighted by Crippen LogP contribution is 2.00. The van der Waals surface area contributed by atoms with Crippen LogP contribution in [-0.2, 0) is 20.9 Å². The van der Waals surface area contributed by atoms with Gasteiger partial charge in [-0.05, 0) is 6.92 Å². The summed E-state index contributed by atoms with van der Waals surface area (Å²) >= 11 is 0. The molecule has 0 aliphatic carbocycles. The van der Waals surface area contributed by atoms with Crippen molar-refractivity contribution in [2.75, 3.05) is 11.9 Å². The normalized spacial score (nSPS) is 9.41. The minimum Gasteiger partial charge on any atom is -0.465 e. The molecule has 0 aliphatic rings. The fourth-order valence-corrected chi connectivity index (χ4v) is 1.03. The van der Waals surface area contributed by atoms with E-state index < -0.39 is 11.9 Å². The van der Waals surface area contributed by atoms with Crippen LogP contribution in [0.4, 0.5) is 5.82 Å². The summed E-state index contributed by atoms with van der Waals surface area (Å²) in [5.74, 6) is -0.725. The molecule has 0 unspecified atom stereocenters. The Labute approximate surface area is 97.2 Å². The van der Waals surface area contributed by atoms with Crippen LogP contribution in [0.2, 0.25) is 0 Å². The van der Waals surface area contributed by atoms with E-state index in [-0.39, 0.29) is 18.8 Å². The maximum atomic E-state index is 11.1. The summed E-state index contributed by atoms with van der Waals surface area (Å²) in [6.45, 7) is 1.92. The maximum Gasteiger partial charge on any atom is 0.327 e. The Kier molecular flexibility index (Phi) is 4.62. The van der Waals surface area contributed by atoms with E-state index >= 15 is 0 Å². The molecule has 17 heavy (non-hydrogen) atoms. The number of anilines is 1. The maximum absolute atomic E-state index is 11.1. The molecule has 1 N–H and O–H groups in total. The number of amides is 1. The monoisotopic (exact) mass is 237 g/mol. The van der Waals surface area contributed by atoms with Gasteiger partial charge in [0, 0.05) is 0 Å². The van der Waals surface area contributed by atoms with Gasteiger partial charge in [-0.2, -0.15) is 5.26 Å². The SMILES string of the molecule is CCOC(=O)Cn1cc(NC(=O)CC#N)nn1. The number of carbonyl (C=O) groups excluding carboxylic acids is 2. The molecule has 8 heteroatoms. The molecular formula is C9H11N5O3. The highest BCUT2D eigenvalue weighted by Gasteiger charge is 2.08.